The molecule has 9 nitrogen and oxygen atoms in total. The summed E-state index contributed by atoms with van der Waals surface area (Å²) in [4.78, 5) is 4.69. The molecule has 0 atom stereocenters. The standard InChI is InChI=1S/C19H27N9/c1-19(2,3)18-23-21-15-7-8-16(24-28(15)18)26-10-13(11-26)25(4)12-17-22-20-14-6-5-9-27(14)17/h7-8,13H,5-6,9-12H2,1-4H3. The van der Waals surface area contributed by atoms with Crippen LogP contribution in [0.5, 0.6) is 0 Å². The van der Waals surface area contributed by atoms with Gasteiger partial charge < -0.3 is 9.47 Å². The van der Waals surface area contributed by atoms with Crippen LogP contribution in [0.3, 0.4) is 0 Å². The summed E-state index contributed by atoms with van der Waals surface area (Å²) in [5.41, 5.74) is 0.699. The molecule has 0 unspecified atom stereocenters. The average Bonchev–Trinajstić information content (AvgIpc) is 3.29. The maximum atomic E-state index is 4.81. The largest absolute Gasteiger partial charge is 0.352 e. The second-order valence-electron chi connectivity index (χ2n) is 9.00. The van der Waals surface area contributed by atoms with Gasteiger partial charge in [0, 0.05) is 37.5 Å². The van der Waals surface area contributed by atoms with E-state index in [1.165, 1.54) is 6.42 Å². The second kappa shape index (κ2) is 6.23. The summed E-state index contributed by atoms with van der Waals surface area (Å²) in [5.74, 6) is 4.09. The van der Waals surface area contributed by atoms with E-state index in [0.29, 0.717) is 6.04 Å². The Morgan fingerprint density at radius 3 is 2.71 bits per heavy atom. The maximum Gasteiger partial charge on any atom is 0.178 e. The number of rotatable bonds is 4. The molecule has 0 bridgehead atoms. The minimum atomic E-state index is -0.0960. The lowest BCUT2D eigenvalue weighted by molar-refractivity contribution is 0.190. The fraction of sp³-hybridized carbons (Fsp3) is 0.632. The lowest BCUT2D eigenvalue weighted by Crippen LogP contribution is -2.58. The third-order valence-corrected chi connectivity index (χ3v) is 5.81. The van der Waals surface area contributed by atoms with Gasteiger partial charge in [0.15, 0.2) is 11.5 Å². The van der Waals surface area contributed by atoms with Crippen molar-refractivity contribution in [1.82, 2.24) is 39.5 Å². The van der Waals surface area contributed by atoms with Crippen LogP contribution in [0.2, 0.25) is 0 Å². The van der Waals surface area contributed by atoms with Crippen molar-refractivity contribution >= 4 is 11.5 Å². The minimum absolute atomic E-state index is 0.0960. The number of aryl methyl sites for hydroxylation is 1. The normalized spacial score (nSPS) is 17.5. The van der Waals surface area contributed by atoms with E-state index in [2.05, 4.69) is 62.6 Å². The van der Waals surface area contributed by atoms with Crippen molar-refractivity contribution in [3.63, 3.8) is 0 Å². The molecule has 0 aliphatic carbocycles. The Morgan fingerprint density at radius 1 is 1.11 bits per heavy atom. The molecular formula is C19H27N9. The van der Waals surface area contributed by atoms with Gasteiger partial charge in [0.1, 0.15) is 17.5 Å². The first kappa shape index (κ1) is 17.5. The van der Waals surface area contributed by atoms with Gasteiger partial charge in [-0.1, -0.05) is 20.8 Å². The number of nitrogens with zero attached hydrogens (tertiary/aromatic N) is 9. The van der Waals surface area contributed by atoms with Gasteiger partial charge in [-0.2, -0.15) is 4.52 Å². The summed E-state index contributed by atoms with van der Waals surface area (Å²) in [6.45, 7) is 10.2. The van der Waals surface area contributed by atoms with Crippen LogP contribution in [0, 0.1) is 0 Å². The van der Waals surface area contributed by atoms with Gasteiger partial charge in [0.25, 0.3) is 0 Å². The van der Waals surface area contributed by atoms with Crippen LogP contribution in [0.4, 0.5) is 5.82 Å². The summed E-state index contributed by atoms with van der Waals surface area (Å²) >= 11 is 0. The molecule has 0 N–H and O–H groups in total. The van der Waals surface area contributed by atoms with Gasteiger partial charge in [0.2, 0.25) is 0 Å². The van der Waals surface area contributed by atoms with Crippen molar-refractivity contribution in [1.29, 1.82) is 0 Å². The SMILES string of the molecule is CN(Cc1nnc2n1CCC2)C1CN(c2ccc3nnc(C(C)(C)C)n3n2)C1. The highest BCUT2D eigenvalue weighted by Gasteiger charge is 2.33. The zero-order valence-corrected chi connectivity index (χ0v) is 17.0. The van der Waals surface area contributed by atoms with Crippen LogP contribution in [-0.4, -0.2) is 65.7 Å². The van der Waals surface area contributed by atoms with E-state index in [-0.39, 0.29) is 5.41 Å². The molecule has 0 aromatic carbocycles. The quantitative estimate of drug-likeness (QED) is 0.673. The van der Waals surface area contributed by atoms with E-state index >= 15 is 0 Å². The Hall–Kier alpha value is -2.55. The molecule has 28 heavy (non-hydrogen) atoms. The van der Waals surface area contributed by atoms with Crippen molar-refractivity contribution < 1.29 is 0 Å². The van der Waals surface area contributed by atoms with E-state index in [9.17, 15) is 0 Å². The first-order chi connectivity index (χ1) is 13.4. The Balaban J connectivity index is 1.27. The zero-order chi connectivity index (χ0) is 19.5. The van der Waals surface area contributed by atoms with Gasteiger partial charge in [0.05, 0.1) is 6.54 Å². The molecule has 9 heteroatoms. The minimum Gasteiger partial charge on any atom is -0.352 e. The first-order valence-electron chi connectivity index (χ1n) is 9.99. The number of hydrogen-bond donors (Lipinski definition) is 0. The van der Waals surface area contributed by atoms with E-state index < -0.39 is 0 Å². The molecule has 2 aliphatic heterocycles. The molecule has 2 aliphatic rings. The summed E-state index contributed by atoms with van der Waals surface area (Å²) in [5, 5.41) is 22.1. The van der Waals surface area contributed by atoms with Crippen LogP contribution < -0.4 is 4.90 Å². The molecule has 0 saturated carbocycles. The highest BCUT2D eigenvalue weighted by Crippen LogP contribution is 2.25. The monoisotopic (exact) mass is 381 g/mol. The smallest absolute Gasteiger partial charge is 0.178 e. The van der Waals surface area contributed by atoms with Gasteiger partial charge >= 0.3 is 0 Å². The number of aromatic nitrogens is 7. The predicted octanol–water partition coefficient (Wildman–Crippen LogP) is 1.28. The van der Waals surface area contributed by atoms with E-state index in [0.717, 1.165) is 61.5 Å². The maximum absolute atomic E-state index is 4.81. The van der Waals surface area contributed by atoms with Crippen molar-refractivity contribution in [2.75, 3.05) is 25.0 Å². The average molecular weight is 381 g/mol. The topological polar surface area (TPSA) is 80.3 Å². The van der Waals surface area contributed by atoms with Crippen LogP contribution in [0.25, 0.3) is 5.65 Å². The third kappa shape index (κ3) is 2.85. The summed E-state index contributed by atoms with van der Waals surface area (Å²) in [6, 6.07) is 4.54. The molecule has 0 radical (unpaired) electrons. The van der Waals surface area contributed by atoms with Gasteiger partial charge in [-0.05, 0) is 25.6 Å². The van der Waals surface area contributed by atoms with E-state index in [1.54, 1.807) is 0 Å². The number of likely N-dealkylation sites (N-methyl/N-ethyl adjacent to an activating group) is 1. The zero-order valence-electron chi connectivity index (χ0n) is 17.0. The summed E-state index contributed by atoms with van der Waals surface area (Å²) in [6.07, 6.45) is 2.24. The molecule has 3 aromatic heterocycles. The molecular weight excluding hydrogens is 354 g/mol. The van der Waals surface area contributed by atoms with Crippen molar-refractivity contribution in [3.05, 3.63) is 29.6 Å². The number of anilines is 1. The first-order valence-corrected chi connectivity index (χ1v) is 9.99. The van der Waals surface area contributed by atoms with Crippen molar-refractivity contribution in [2.45, 2.75) is 58.2 Å². The lowest BCUT2D eigenvalue weighted by atomic mass is 9.96. The fourth-order valence-corrected chi connectivity index (χ4v) is 4.02. The van der Waals surface area contributed by atoms with Gasteiger partial charge in [-0.25, -0.2) is 0 Å². The molecule has 3 aromatic rings. The number of hydrogen-bond acceptors (Lipinski definition) is 7. The third-order valence-electron chi connectivity index (χ3n) is 5.81. The number of fused-ring (bicyclic) bond motifs is 2. The highest BCUT2D eigenvalue weighted by molar-refractivity contribution is 5.48. The van der Waals surface area contributed by atoms with Gasteiger partial charge in [-0.15, -0.1) is 25.5 Å². The van der Waals surface area contributed by atoms with Crippen LogP contribution in [-0.2, 0) is 24.9 Å². The van der Waals surface area contributed by atoms with Crippen molar-refractivity contribution in [2.24, 2.45) is 0 Å². The Labute approximate surface area is 164 Å². The summed E-state index contributed by atoms with van der Waals surface area (Å²) < 4.78 is 4.16. The Kier molecular flexibility index (Phi) is 3.90. The molecule has 0 spiro atoms. The Morgan fingerprint density at radius 2 is 1.93 bits per heavy atom. The lowest BCUT2D eigenvalue weighted by Gasteiger charge is -2.44. The highest BCUT2D eigenvalue weighted by atomic mass is 15.4. The Bertz CT molecular complexity index is 1010. The molecule has 0 amide bonds. The molecule has 148 valence electrons. The second-order valence-corrected chi connectivity index (χ2v) is 9.00. The summed E-state index contributed by atoms with van der Waals surface area (Å²) in [7, 11) is 2.17. The van der Waals surface area contributed by atoms with Gasteiger partial charge in [-0.3, -0.25) is 4.90 Å². The van der Waals surface area contributed by atoms with Crippen LogP contribution in [0.1, 0.15) is 44.7 Å². The molecule has 5 heterocycles. The van der Waals surface area contributed by atoms with Crippen LogP contribution in [0.15, 0.2) is 12.1 Å². The molecule has 1 fully saturated rings. The molecule has 5 rings (SSSR count). The predicted molar refractivity (Wildman–Crippen MR) is 105 cm³/mol. The van der Waals surface area contributed by atoms with Crippen LogP contribution >= 0.6 is 0 Å². The van der Waals surface area contributed by atoms with E-state index in [1.807, 2.05) is 16.6 Å². The van der Waals surface area contributed by atoms with E-state index in [4.69, 9.17) is 5.10 Å². The fourth-order valence-electron chi connectivity index (χ4n) is 4.02. The van der Waals surface area contributed by atoms with Crippen molar-refractivity contribution in [3.8, 4) is 0 Å². The molecule has 1 saturated heterocycles.